The Bertz CT molecular complexity index is 359. The molecule has 0 spiro atoms. The van der Waals surface area contributed by atoms with Crippen LogP contribution < -0.4 is 0 Å². The fourth-order valence-electron chi connectivity index (χ4n) is 0.714. The summed E-state index contributed by atoms with van der Waals surface area (Å²) in [7, 11) is -4.64. The number of aliphatic carboxylic acids is 3. The molecular formula is C6H13CaO11P. The molecule has 0 bridgehead atoms. The number of phosphoric acid groups is 1. The minimum absolute atomic E-state index is 0. The molecule has 7 N–H and O–H groups in total. The summed E-state index contributed by atoms with van der Waals surface area (Å²) in [5.41, 5.74) is -2.74. The Hall–Kier alpha value is -0.260. The predicted molar refractivity (Wildman–Crippen MR) is 59.3 cm³/mol. The van der Waals surface area contributed by atoms with Crippen molar-refractivity contribution in [3.05, 3.63) is 0 Å². The van der Waals surface area contributed by atoms with Crippen LogP contribution in [0.3, 0.4) is 0 Å². The first kappa shape index (κ1) is 23.8. The second-order valence-electron chi connectivity index (χ2n) is 2.99. The molecule has 0 aliphatic carbocycles. The van der Waals surface area contributed by atoms with Gasteiger partial charge in [-0.25, -0.2) is 9.36 Å². The predicted octanol–water partition coefficient (Wildman–Crippen LogP) is -2.33. The Morgan fingerprint density at radius 1 is 0.947 bits per heavy atom. The van der Waals surface area contributed by atoms with Crippen LogP contribution in [0.25, 0.3) is 0 Å². The van der Waals surface area contributed by atoms with E-state index in [-0.39, 0.29) is 40.6 Å². The van der Waals surface area contributed by atoms with Crippen LogP contribution in [-0.4, -0.2) is 96.4 Å². The van der Waals surface area contributed by atoms with E-state index in [1.807, 2.05) is 0 Å². The molecule has 0 radical (unpaired) electrons. The molecule has 0 heterocycles. The maximum atomic E-state index is 10.3. The summed E-state index contributed by atoms with van der Waals surface area (Å²) in [6.45, 7) is 0. The van der Waals surface area contributed by atoms with Gasteiger partial charge in [0, 0.05) is 0 Å². The molecule has 11 nitrogen and oxygen atoms in total. The summed E-state index contributed by atoms with van der Waals surface area (Å²) in [5, 5.41) is 33.8. The summed E-state index contributed by atoms with van der Waals surface area (Å²) in [5.74, 6) is -5.02. The first-order valence-electron chi connectivity index (χ1n) is 3.95. The van der Waals surface area contributed by atoms with Crippen molar-refractivity contribution in [3.8, 4) is 0 Å². The van der Waals surface area contributed by atoms with Gasteiger partial charge >= 0.3 is 63.5 Å². The Morgan fingerprint density at radius 3 is 1.26 bits per heavy atom. The number of rotatable bonds is 5. The van der Waals surface area contributed by atoms with Gasteiger partial charge in [0.2, 0.25) is 0 Å². The summed E-state index contributed by atoms with van der Waals surface area (Å²) >= 11 is 0. The van der Waals surface area contributed by atoms with Crippen LogP contribution >= 0.6 is 7.82 Å². The van der Waals surface area contributed by atoms with Crippen LogP contribution in [0, 0.1) is 0 Å². The van der Waals surface area contributed by atoms with Gasteiger partial charge in [-0.05, 0) is 0 Å². The van der Waals surface area contributed by atoms with E-state index in [1.165, 1.54) is 0 Å². The molecule has 0 saturated heterocycles. The molecule has 0 aliphatic heterocycles. The summed E-state index contributed by atoms with van der Waals surface area (Å²) in [6, 6.07) is 0. The molecule has 0 fully saturated rings. The van der Waals surface area contributed by atoms with Crippen LogP contribution in [-0.2, 0) is 18.9 Å². The van der Waals surface area contributed by atoms with Gasteiger partial charge in [-0.3, -0.25) is 9.59 Å². The van der Waals surface area contributed by atoms with Crippen LogP contribution in [0.5, 0.6) is 0 Å². The standard InChI is InChI=1S/C6H8O7.Ca.H3O4P.2H/c7-3(8)1-6(13,5(11)12)2-4(9)10;;1-5(2,3)4;;/h13H,1-2H2,(H,7,8)(H,9,10)(H,11,12);;(H3,1,2,3,4);;/q;+2;;2*-1. The molecule has 0 aromatic carbocycles. The van der Waals surface area contributed by atoms with E-state index < -0.39 is 44.2 Å². The molecule has 0 saturated carbocycles. The monoisotopic (exact) mass is 332 g/mol. The Labute approximate surface area is 138 Å². The van der Waals surface area contributed by atoms with Crippen LogP contribution in [0.15, 0.2) is 0 Å². The van der Waals surface area contributed by atoms with Crippen molar-refractivity contribution < 1.29 is 56.9 Å². The molecule has 0 unspecified atom stereocenters. The van der Waals surface area contributed by atoms with Crippen LogP contribution in [0.1, 0.15) is 15.7 Å². The third-order valence-corrected chi connectivity index (χ3v) is 1.29. The van der Waals surface area contributed by atoms with E-state index in [0.717, 1.165) is 0 Å². The summed E-state index contributed by atoms with van der Waals surface area (Å²) in [4.78, 5) is 52.0. The molecular weight excluding hydrogens is 319 g/mol. The van der Waals surface area contributed by atoms with Gasteiger partial charge in [-0.15, -0.1) is 0 Å². The van der Waals surface area contributed by atoms with E-state index >= 15 is 0 Å². The molecule has 0 aromatic heterocycles. The van der Waals surface area contributed by atoms with Crippen molar-refractivity contribution in [2.24, 2.45) is 0 Å². The van der Waals surface area contributed by atoms with Gasteiger partial charge < -0.3 is 38.0 Å². The van der Waals surface area contributed by atoms with Gasteiger partial charge in [0.25, 0.3) is 0 Å². The molecule has 0 aromatic rings. The van der Waals surface area contributed by atoms with Crippen molar-refractivity contribution in [1.82, 2.24) is 0 Å². The van der Waals surface area contributed by atoms with Crippen molar-refractivity contribution in [1.29, 1.82) is 0 Å². The third kappa shape index (κ3) is 17.7. The largest absolute Gasteiger partial charge is 2.00 e. The second-order valence-corrected chi connectivity index (χ2v) is 4.02. The van der Waals surface area contributed by atoms with E-state index in [2.05, 4.69) is 0 Å². The zero-order chi connectivity index (χ0) is 15.1. The Balaban J connectivity index is -0.0000000933. The van der Waals surface area contributed by atoms with E-state index in [9.17, 15) is 14.4 Å². The fourth-order valence-corrected chi connectivity index (χ4v) is 0.714. The van der Waals surface area contributed by atoms with E-state index in [4.69, 9.17) is 39.7 Å². The second kappa shape index (κ2) is 9.61. The van der Waals surface area contributed by atoms with Crippen molar-refractivity contribution >= 4 is 63.5 Å². The zero-order valence-electron chi connectivity index (χ0n) is 11.3. The summed E-state index contributed by atoms with van der Waals surface area (Å²) in [6.07, 6.45) is -2.29. The topological polar surface area (TPSA) is 210 Å². The quantitative estimate of drug-likeness (QED) is 0.209. The van der Waals surface area contributed by atoms with Crippen molar-refractivity contribution in [2.45, 2.75) is 18.4 Å². The first-order chi connectivity index (χ1) is 7.78. The van der Waals surface area contributed by atoms with Crippen LogP contribution in [0.2, 0.25) is 0 Å². The molecule has 110 valence electrons. The average Bonchev–Trinajstić information content (AvgIpc) is 1.95. The number of aliphatic hydroxyl groups is 1. The van der Waals surface area contributed by atoms with Gasteiger partial charge in [0.15, 0.2) is 5.60 Å². The van der Waals surface area contributed by atoms with Gasteiger partial charge in [-0.1, -0.05) is 0 Å². The fraction of sp³-hybridized carbons (Fsp3) is 0.500. The number of carboxylic acids is 3. The van der Waals surface area contributed by atoms with Crippen molar-refractivity contribution in [3.63, 3.8) is 0 Å². The van der Waals surface area contributed by atoms with E-state index in [0.29, 0.717) is 0 Å². The Kier molecular flexibility index (Phi) is 12.0. The molecule has 0 aliphatic rings. The maximum Gasteiger partial charge on any atom is 2.00 e. The van der Waals surface area contributed by atoms with Gasteiger partial charge in [0.1, 0.15) is 0 Å². The smallest absolute Gasteiger partial charge is 1.00 e. The third-order valence-electron chi connectivity index (χ3n) is 1.29. The molecule has 13 heteroatoms. The molecule has 0 atom stereocenters. The number of hydrogen-bond acceptors (Lipinski definition) is 5. The van der Waals surface area contributed by atoms with Crippen molar-refractivity contribution in [2.75, 3.05) is 0 Å². The normalized spacial score (nSPS) is 10.5. The van der Waals surface area contributed by atoms with Gasteiger partial charge in [-0.2, -0.15) is 0 Å². The molecule has 0 amide bonds. The SMILES string of the molecule is O=C(O)CC(O)(CC(=O)O)C(=O)O.O=P(O)(O)O.[Ca+2].[H-].[H-]. The average molecular weight is 332 g/mol. The van der Waals surface area contributed by atoms with Crippen LogP contribution in [0.4, 0.5) is 0 Å². The minimum Gasteiger partial charge on any atom is -1.00 e. The molecule has 19 heavy (non-hydrogen) atoms. The maximum absolute atomic E-state index is 10.3. The van der Waals surface area contributed by atoms with Gasteiger partial charge in [0.05, 0.1) is 12.8 Å². The number of carbonyl (C=O) groups is 3. The molecule has 0 rings (SSSR count). The van der Waals surface area contributed by atoms with E-state index in [1.54, 1.807) is 0 Å². The first-order valence-corrected chi connectivity index (χ1v) is 5.52. The Morgan fingerprint density at radius 2 is 1.16 bits per heavy atom. The zero-order valence-corrected chi connectivity index (χ0v) is 12.4. The minimum atomic E-state index is -4.64. The summed E-state index contributed by atoms with van der Waals surface area (Å²) < 4.78 is 8.88. The number of hydrogen-bond donors (Lipinski definition) is 7. The number of carboxylic acid groups (broad SMARTS) is 3.